The van der Waals surface area contributed by atoms with E-state index in [9.17, 15) is 0 Å². The van der Waals surface area contributed by atoms with E-state index in [0.29, 0.717) is 6.61 Å². The van der Waals surface area contributed by atoms with E-state index in [1.165, 1.54) is 5.56 Å². The first-order chi connectivity index (χ1) is 10.5. The Kier molecular flexibility index (Phi) is 4.55. The Bertz CT molecular complexity index is 487. The molecule has 2 heterocycles. The van der Waals surface area contributed by atoms with Gasteiger partial charge in [-0.25, -0.2) is 0 Å². The normalized spacial score (nSPS) is 34.5. The smallest absolute Gasteiger partial charge is 0.187 e. The molecular formula is C18H26O4. The molecule has 0 N–H and O–H groups in total. The van der Waals surface area contributed by atoms with Gasteiger partial charge in [-0.15, -0.1) is 0 Å². The minimum atomic E-state index is -0.554. The summed E-state index contributed by atoms with van der Waals surface area (Å²) in [7, 11) is 0. The Hall–Kier alpha value is -0.940. The fourth-order valence-corrected chi connectivity index (χ4v) is 3.33. The number of hydrogen-bond donors (Lipinski definition) is 0. The van der Waals surface area contributed by atoms with Crippen molar-refractivity contribution in [1.29, 1.82) is 0 Å². The van der Waals surface area contributed by atoms with Gasteiger partial charge in [0.25, 0.3) is 0 Å². The van der Waals surface area contributed by atoms with E-state index in [-0.39, 0.29) is 30.5 Å². The second-order valence-electron chi connectivity index (χ2n) is 6.67. The molecule has 2 saturated heterocycles. The van der Waals surface area contributed by atoms with Crippen LogP contribution in [0.3, 0.4) is 0 Å². The number of benzene rings is 1. The molecule has 0 radical (unpaired) electrons. The number of rotatable bonds is 5. The van der Waals surface area contributed by atoms with Crippen molar-refractivity contribution in [2.24, 2.45) is 5.92 Å². The van der Waals surface area contributed by atoms with E-state index >= 15 is 0 Å². The van der Waals surface area contributed by atoms with Gasteiger partial charge < -0.3 is 18.9 Å². The maximum Gasteiger partial charge on any atom is 0.187 e. The average molecular weight is 306 g/mol. The molecule has 3 rings (SSSR count). The predicted octanol–water partition coefficient (Wildman–Crippen LogP) is 3.49. The second-order valence-corrected chi connectivity index (χ2v) is 6.67. The van der Waals surface area contributed by atoms with Gasteiger partial charge in [-0.05, 0) is 25.8 Å². The highest BCUT2D eigenvalue weighted by atomic mass is 16.8. The van der Waals surface area contributed by atoms with Crippen LogP contribution in [0, 0.1) is 5.92 Å². The maximum absolute atomic E-state index is 6.11. The third kappa shape index (κ3) is 3.20. The molecule has 2 aliphatic heterocycles. The van der Waals surface area contributed by atoms with Crippen molar-refractivity contribution in [3.63, 3.8) is 0 Å². The summed E-state index contributed by atoms with van der Waals surface area (Å²) in [6.07, 6.45) is 0.694. The van der Waals surface area contributed by atoms with Crippen molar-refractivity contribution in [3.8, 4) is 0 Å². The summed E-state index contributed by atoms with van der Waals surface area (Å²) in [5.74, 6) is -0.297. The van der Waals surface area contributed by atoms with Crippen LogP contribution in [-0.2, 0) is 25.6 Å². The van der Waals surface area contributed by atoms with Crippen LogP contribution in [0.1, 0.15) is 39.7 Å². The van der Waals surface area contributed by atoms with Gasteiger partial charge in [0.15, 0.2) is 12.1 Å². The van der Waals surface area contributed by atoms with Crippen molar-refractivity contribution in [2.45, 2.75) is 71.1 Å². The van der Waals surface area contributed by atoms with E-state index in [2.05, 4.69) is 26.0 Å². The average Bonchev–Trinajstić information content (AvgIpc) is 2.95. The van der Waals surface area contributed by atoms with Crippen molar-refractivity contribution < 1.29 is 18.9 Å². The van der Waals surface area contributed by atoms with E-state index in [1.807, 2.05) is 32.0 Å². The van der Waals surface area contributed by atoms with Crippen LogP contribution in [0.2, 0.25) is 0 Å². The standard InChI is InChI=1S/C18H26O4/c1-5-14(19-11-13-9-7-6-8-10-13)15-12(2)16-17(20-15)22-18(3,4)21-16/h6-10,12,14-17H,5,11H2,1-4H3/t12?,14-,15+,16+,17-/m1/s1. The molecule has 0 aliphatic carbocycles. The fraction of sp³-hybridized carbons (Fsp3) is 0.667. The Morgan fingerprint density at radius 3 is 2.55 bits per heavy atom. The molecule has 0 aromatic heterocycles. The van der Waals surface area contributed by atoms with Gasteiger partial charge >= 0.3 is 0 Å². The van der Waals surface area contributed by atoms with Crippen molar-refractivity contribution in [1.82, 2.24) is 0 Å². The zero-order chi connectivity index (χ0) is 15.7. The van der Waals surface area contributed by atoms with Crippen LogP contribution in [0.25, 0.3) is 0 Å². The summed E-state index contributed by atoms with van der Waals surface area (Å²) in [5, 5.41) is 0. The van der Waals surface area contributed by atoms with Crippen LogP contribution < -0.4 is 0 Å². The molecule has 1 aromatic carbocycles. The van der Waals surface area contributed by atoms with Gasteiger partial charge in [-0.3, -0.25) is 0 Å². The predicted molar refractivity (Wildman–Crippen MR) is 83.2 cm³/mol. The summed E-state index contributed by atoms with van der Waals surface area (Å²) in [6, 6.07) is 10.2. The van der Waals surface area contributed by atoms with E-state index in [1.54, 1.807) is 0 Å². The molecule has 1 aromatic rings. The van der Waals surface area contributed by atoms with E-state index in [0.717, 1.165) is 6.42 Å². The lowest BCUT2D eigenvalue weighted by molar-refractivity contribution is -0.223. The molecule has 5 atom stereocenters. The number of ether oxygens (including phenoxy) is 4. The molecule has 4 nitrogen and oxygen atoms in total. The van der Waals surface area contributed by atoms with Gasteiger partial charge in [-0.2, -0.15) is 0 Å². The molecular weight excluding hydrogens is 280 g/mol. The SMILES string of the molecule is CC[C@@H](OCc1ccccc1)[C@H]1O[C@@H]2OC(C)(C)O[C@H]2C1C. The zero-order valence-corrected chi connectivity index (χ0v) is 13.8. The Morgan fingerprint density at radius 2 is 1.91 bits per heavy atom. The van der Waals surface area contributed by atoms with Crippen LogP contribution in [0.5, 0.6) is 0 Å². The van der Waals surface area contributed by atoms with Crippen LogP contribution in [0.15, 0.2) is 30.3 Å². The molecule has 4 heteroatoms. The minimum absolute atomic E-state index is 0.00521. The first kappa shape index (κ1) is 15.9. The first-order valence-corrected chi connectivity index (χ1v) is 8.17. The highest BCUT2D eigenvalue weighted by Gasteiger charge is 2.54. The fourth-order valence-electron chi connectivity index (χ4n) is 3.33. The third-order valence-electron chi connectivity index (χ3n) is 4.49. The molecule has 0 spiro atoms. The van der Waals surface area contributed by atoms with Gasteiger partial charge in [0.05, 0.1) is 18.8 Å². The quantitative estimate of drug-likeness (QED) is 0.834. The molecule has 2 aliphatic rings. The summed E-state index contributed by atoms with van der Waals surface area (Å²) in [5.41, 5.74) is 1.18. The number of fused-ring (bicyclic) bond motifs is 1. The van der Waals surface area contributed by atoms with Crippen molar-refractivity contribution in [3.05, 3.63) is 35.9 Å². The number of hydrogen-bond acceptors (Lipinski definition) is 4. The summed E-state index contributed by atoms with van der Waals surface area (Å²) in [4.78, 5) is 0. The van der Waals surface area contributed by atoms with E-state index in [4.69, 9.17) is 18.9 Å². The van der Waals surface area contributed by atoms with Crippen LogP contribution >= 0.6 is 0 Å². The molecule has 122 valence electrons. The molecule has 0 saturated carbocycles. The molecule has 0 bridgehead atoms. The summed E-state index contributed by atoms with van der Waals surface area (Å²) < 4.78 is 24.0. The Labute approximate surface area is 132 Å². The molecule has 22 heavy (non-hydrogen) atoms. The minimum Gasteiger partial charge on any atom is -0.371 e. The molecule has 2 fully saturated rings. The van der Waals surface area contributed by atoms with Crippen LogP contribution in [0.4, 0.5) is 0 Å². The summed E-state index contributed by atoms with van der Waals surface area (Å²) in [6.45, 7) is 8.76. The van der Waals surface area contributed by atoms with Gasteiger partial charge in [0, 0.05) is 5.92 Å². The Balaban J connectivity index is 1.61. The lowest BCUT2D eigenvalue weighted by Crippen LogP contribution is -2.36. The van der Waals surface area contributed by atoms with Gasteiger partial charge in [0.2, 0.25) is 0 Å². The summed E-state index contributed by atoms with van der Waals surface area (Å²) >= 11 is 0. The van der Waals surface area contributed by atoms with Gasteiger partial charge in [0.1, 0.15) is 6.10 Å². The van der Waals surface area contributed by atoms with Crippen LogP contribution in [-0.4, -0.2) is 30.4 Å². The largest absolute Gasteiger partial charge is 0.371 e. The van der Waals surface area contributed by atoms with Crippen molar-refractivity contribution in [2.75, 3.05) is 0 Å². The maximum atomic E-state index is 6.11. The second kappa shape index (κ2) is 6.28. The highest BCUT2D eigenvalue weighted by molar-refractivity contribution is 5.13. The monoisotopic (exact) mass is 306 g/mol. The Morgan fingerprint density at radius 1 is 1.18 bits per heavy atom. The highest BCUT2D eigenvalue weighted by Crippen LogP contribution is 2.42. The molecule has 1 unspecified atom stereocenters. The van der Waals surface area contributed by atoms with Gasteiger partial charge in [-0.1, -0.05) is 44.2 Å². The lowest BCUT2D eigenvalue weighted by Gasteiger charge is -2.29. The molecule has 0 amide bonds. The van der Waals surface area contributed by atoms with Crippen molar-refractivity contribution >= 4 is 0 Å². The lowest BCUT2D eigenvalue weighted by atomic mass is 9.95. The third-order valence-corrected chi connectivity index (χ3v) is 4.49. The topological polar surface area (TPSA) is 36.9 Å². The van der Waals surface area contributed by atoms with E-state index < -0.39 is 5.79 Å². The zero-order valence-electron chi connectivity index (χ0n) is 13.8. The first-order valence-electron chi connectivity index (χ1n) is 8.17.